The van der Waals surface area contributed by atoms with Gasteiger partial charge in [0.1, 0.15) is 5.82 Å². The monoisotopic (exact) mass is 326 g/mol. The van der Waals surface area contributed by atoms with E-state index in [0.29, 0.717) is 10.4 Å². The maximum absolute atomic E-state index is 13.0. The van der Waals surface area contributed by atoms with E-state index in [-0.39, 0.29) is 16.5 Å². The third kappa shape index (κ3) is 3.59. The summed E-state index contributed by atoms with van der Waals surface area (Å²) in [7, 11) is 0. The van der Waals surface area contributed by atoms with Crippen LogP contribution >= 0.6 is 22.9 Å². The summed E-state index contributed by atoms with van der Waals surface area (Å²) in [5.74, 6) is -1.37. The molecule has 1 aromatic carbocycles. The van der Waals surface area contributed by atoms with E-state index in [4.69, 9.17) is 17.3 Å². The van der Waals surface area contributed by atoms with Crippen LogP contribution in [0.4, 0.5) is 4.39 Å². The topological polar surface area (TPSA) is 72.2 Å². The number of nitrogens with two attached hydrogens (primary N) is 1. The van der Waals surface area contributed by atoms with Crippen LogP contribution in [-0.4, -0.2) is 11.8 Å². The van der Waals surface area contributed by atoms with Crippen molar-refractivity contribution in [1.29, 1.82) is 0 Å². The lowest BCUT2D eigenvalue weighted by atomic mass is 10.1. The minimum atomic E-state index is -0.583. The van der Waals surface area contributed by atoms with Crippen molar-refractivity contribution in [3.05, 3.63) is 56.5 Å². The van der Waals surface area contributed by atoms with Gasteiger partial charge in [-0.05, 0) is 30.7 Å². The summed E-state index contributed by atoms with van der Waals surface area (Å²) < 4.78 is 13.0. The Labute approximate surface area is 129 Å². The van der Waals surface area contributed by atoms with Crippen LogP contribution in [-0.2, 0) is 0 Å². The zero-order chi connectivity index (χ0) is 15.6. The van der Waals surface area contributed by atoms with Crippen LogP contribution in [0, 0.1) is 5.82 Å². The van der Waals surface area contributed by atoms with Gasteiger partial charge >= 0.3 is 0 Å². The van der Waals surface area contributed by atoms with E-state index >= 15 is 0 Å². The fourth-order valence-corrected chi connectivity index (χ4v) is 2.91. The minimum Gasteiger partial charge on any atom is -0.366 e. The van der Waals surface area contributed by atoms with Crippen molar-refractivity contribution in [3.8, 4) is 0 Å². The van der Waals surface area contributed by atoms with Crippen LogP contribution in [0.3, 0.4) is 0 Å². The first-order valence-corrected chi connectivity index (χ1v) is 7.28. The average Bonchev–Trinajstić information content (AvgIpc) is 2.88. The van der Waals surface area contributed by atoms with E-state index in [2.05, 4.69) is 5.32 Å². The molecule has 0 saturated carbocycles. The van der Waals surface area contributed by atoms with E-state index in [9.17, 15) is 14.0 Å². The van der Waals surface area contributed by atoms with Crippen LogP contribution in [0.25, 0.3) is 0 Å². The van der Waals surface area contributed by atoms with Crippen LogP contribution in [0.15, 0.2) is 29.6 Å². The van der Waals surface area contributed by atoms with Gasteiger partial charge in [0, 0.05) is 10.4 Å². The van der Waals surface area contributed by atoms with Crippen molar-refractivity contribution < 1.29 is 14.0 Å². The molecular formula is C14H12ClFN2O2S. The molecule has 4 nitrogen and oxygen atoms in total. The number of hydrogen-bond donors (Lipinski definition) is 2. The third-order valence-electron chi connectivity index (χ3n) is 2.88. The Balaban J connectivity index is 2.12. The predicted molar refractivity (Wildman–Crippen MR) is 80.1 cm³/mol. The molecule has 2 amide bonds. The molecule has 1 aromatic heterocycles. The Morgan fingerprint density at radius 1 is 1.38 bits per heavy atom. The quantitative estimate of drug-likeness (QED) is 0.906. The second-order valence-corrected chi connectivity index (χ2v) is 5.74. The van der Waals surface area contributed by atoms with Crippen LogP contribution < -0.4 is 11.1 Å². The number of carbonyl (C=O) groups excluding carboxylic acids is 2. The molecule has 0 fully saturated rings. The summed E-state index contributed by atoms with van der Waals surface area (Å²) in [6.07, 6.45) is 0. The molecule has 0 bridgehead atoms. The van der Waals surface area contributed by atoms with Crippen LogP contribution in [0.5, 0.6) is 0 Å². The molecule has 2 aromatic rings. The fourth-order valence-electron chi connectivity index (χ4n) is 1.78. The first kappa shape index (κ1) is 15.5. The van der Waals surface area contributed by atoms with E-state index in [1.54, 1.807) is 6.92 Å². The lowest BCUT2D eigenvalue weighted by Crippen LogP contribution is -2.26. The number of thiophene rings is 1. The maximum atomic E-state index is 13.0. The Kier molecular flexibility index (Phi) is 4.59. The molecule has 0 unspecified atom stereocenters. The molecule has 0 aliphatic carbocycles. The molecule has 21 heavy (non-hydrogen) atoms. The summed E-state index contributed by atoms with van der Waals surface area (Å²) in [6, 6.07) is 5.02. The zero-order valence-corrected chi connectivity index (χ0v) is 12.6. The Morgan fingerprint density at radius 3 is 2.67 bits per heavy atom. The SMILES string of the molecule is C[C@@H](NC(=O)c1cc(C(N)=O)cs1)c1ccc(F)cc1Cl. The van der Waals surface area contributed by atoms with Gasteiger partial charge in [0.2, 0.25) is 5.91 Å². The number of hydrogen-bond acceptors (Lipinski definition) is 3. The predicted octanol–water partition coefficient (Wildman–Crippen LogP) is 3.13. The Hall–Kier alpha value is -1.92. The van der Waals surface area contributed by atoms with Gasteiger partial charge < -0.3 is 11.1 Å². The summed E-state index contributed by atoms with van der Waals surface area (Å²) >= 11 is 7.07. The van der Waals surface area contributed by atoms with Crippen molar-refractivity contribution in [2.24, 2.45) is 5.73 Å². The molecule has 0 spiro atoms. The van der Waals surface area contributed by atoms with Gasteiger partial charge in [-0.3, -0.25) is 9.59 Å². The Morgan fingerprint density at radius 2 is 2.10 bits per heavy atom. The molecule has 0 aliphatic rings. The molecule has 3 N–H and O–H groups in total. The highest BCUT2D eigenvalue weighted by atomic mass is 35.5. The van der Waals surface area contributed by atoms with Gasteiger partial charge in [-0.25, -0.2) is 4.39 Å². The summed E-state index contributed by atoms with van der Waals surface area (Å²) in [5, 5.41) is 4.50. The summed E-state index contributed by atoms with van der Waals surface area (Å²) in [6.45, 7) is 1.74. The van der Waals surface area contributed by atoms with Crippen molar-refractivity contribution in [1.82, 2.24) is 5.32 Å². The van der Waals surface area contributed by atoms with Crippen molar-refractivity contribution >= 4 is 34.8 Å². The molecule has 0 saturated heterocycles. The number of nitrogens with one attached hydrogen (secondary N) is 1. The van der Waals surface area contributed by atoms with Gasteiger partial charge in [0.15, 0.2) is 0 Å². The van der Waals surface area contributed by atoms with Crippen LogP contribution in [0.1, 0.15) is 38.6 Å². The van der Waals surface area contributed by atoms with E-state index in [1.165, 1.54) is 29.6 Å². The number of halogens is 2. The normalized spacial score (nSPS) is 12.0. The van der Waals surface area contributed by atoms with Gasteiger partial charge in [-0.1, -0.05) is 17.7 Å². The standard InChI is InChI=1S/C14H12ClFN2O2S/c1-7(10-3-2-9(16)5-11(10)15)18-14(20)12-4-8(6-21-12)13(17)19/h2-7H,1H3,(H2,17,19)(H,18,20)/t7-/m1/s1. The highest BCUT2D eigenvalue weighted by Gasteiger charge is 2.16. The van der Waals surface area contributed by atoms with Gasteiger partial charge in [-0.2, -0.15) is 0 Å². The highest BCUT2D eigenvalue weighted by Crippen LogP contribution is 2.24. The minimum absolute atomic E-state index is 0.242. The van der Waals surface area contributed by atoms with Crippen LogP contribution in [0.2, 0.25) is 5.02 Å². The van der Waals surface area contributed by atoms with E-state index in [1.807, 2.05) is 0 Å². The highest BCUT2D eigenvalue weighted by molar-refractivity contribution is 7.12. The van der Waals surface area contributed by atoms with Gasteiger partial charge in [0.05, 0.1) is 16.5 Å². The fraction of sp³-hybridized carbons (Fsp3) is 0.143. The molecule has 0 radical (unpaired) electrons. The Bertz CT molecular complexity index is 702. The molecule has 7 heteroatoms. The smallest absolute Gasteiger partial charge is 0.261 e. The molecule has 2 rings (SSSR count). The lowest BCUT2D eigenvalue weighted by Gasteiger charge is -2.15. The zero-order valence-electron chi connectivity index (χ0n) is 11.0. The lowest BCUT2D eigenvalue weighted by molar-refractivity contribution is 0.0944. The molecule has 0 aliphatic heterocycles. The molecule has 1 atom stereocenters. The second-order valence-electron chi connectivity index (χ2n) is 4.42. The summed E-state index contributed by atoms with van der Waals surface area (Å²) in [4.78, 5) is 23.4. The third-order valence-corrected chi connectivity index (χ3v) is 4.14. The number of amides is 2. The van der Waals surface area contributed by atoms with Crippen molar-refractivity contribution in [2.75, 3.05) is 0 Å². The van der Waals surface area contributed by atoms with Gasteiger partial charge in [0.25, 0.3) is 5.91 Å². The average molecular weight is 327 g/mol. The van der Waals surface area contributed by atoms with Gasteiger partial charge in [-0.15, -0.1) is 11.3 Å². The number of rotatable bonds is 4. The molecule has 1 heterocycles. The largest absolute Gasteiger partial charge is 0.366 e. The van der Waals surface area contributed by atoms with Crippen molar-refractivity contribution in [3.63, 3.8) is 0 Å². The second kappa shape index (κ2) is 6.24. The first-order valence-electron chi connectivity index (χ1n) is 6.02. The first-order chi connectivity index (χ1) is 9.88. The molecule has 110 valence electrons. The van der Waals surface area contributed by atoms with Crippen molar-refractivity contribution in [2.45, 2.75) is 13.0 Å². The van der Waals surface area contributed by atoms with E-state index in [0.717, 1.165) is 11.3 Å². The summed E-state index contributed by atoms with van der Waals surface area (Å²) in [5.41, 5.74) is 6.04. The molecular weight excluding hydrogens is 315 g/mol. The number of carbonyl (C=O) groups is 2. The van der Waals surface area contributed by atoms with E-state index < -0.39 is 17.8 Å². The number of primary amides is 1. The maximum Gasteiger partial charge on any atom is 0.261 e. The number of benzene rings is 1.